The summed E-state index contributed by atoms with van der Waals surface area (Å²) in [6.07, 6.45) is 5.99. The molecule has 0 unspecified atom stereocenters. The van der Waals surface area contributed by atoms with Gasteiger partial charge in [-0.3, -0.25) is 4.68 Å². The molecular formula is C22H23N7O2. The number of ether oxygens (including phenoxy) is 1. The Morgan fingerprint density at radius 1 is 1.19 bits per heavy atom. The molecule has 0 aliphatic rings. The van der Waals surface area contributed by atoms with Crippen molar-refractivity contribution in [1.82, 2.24) is 29.3 Å². The topological polar surface area (TPSA) is 114 Å². The quantitative estimate of drug-likeness (QED) is 0.479. The predicted molar refractivity (Wildman–Crippen MR) is 115 cm³/mol. The van der Waals surface area contributed by atoms with Gasteiger partial charge in [0.1, 0.15) is 18.1 Å². The molecule has 3 aromatic heterocycles. The first-order valence-corrected chi connectivity index (χ1v) is 9.75. The zero-order chi connectivity index (χ0) is 22.0. The van der Waals surface area contributed by atoms with Crippen molar-refractivity contribution < 1.29 is 9.53 Å². The first-order chi connectivity index (χ1) is 14.9. The number of benzene rings is 1. The van der Waals surface area contributed by atoms with Gasteiger partial charge in [0.05, 0.1) is 11.3 Å². The van der Waals surface area contributed by atoms with Crippen LogP contribution in [0.4, 0.5) is 5.95 Å². The fourth-order valence-electron chi connectivity index (χ4n) is 3.37. The Balaban J connectivity index is 1.54. The molecule has 0 atom stereocenters. The fourth-order valence-corrected chi connectivity index (χ4v) is 3.37. The highest BCUT2D eigenvalue weighted by Gasteiger charge is 2.15. The van der Waals surface area contributed by atoms with Crippen molar-refractivity contribution in [3.8, 4) is 11.4 Å². The molecule has 0 spiro atoms. The van der Waals surface area contributed by atoms with Gasteiger partial charge in [0.2, 0.25) is 5.95 Å². The number of carbonyl (C=O) groups is 1. The van der Waals surface area contributed by atoms with Crippen LogP contribution in [0.2, 0.25) is 0 Å². The Bertz CT molecular complexity index is 1220. The average Bonchev–Trinajstić information content (AvgIpc) is 3.30. The number of aryl methyl sites for hydroxylation is 3. The minimum atomic E-state index is -0.393. The van der Waals surface area contributed by atoms with Gasteiger partial charge in [0.25, 0.3) is 0 Å². The zero-order valence-electron chi connectivity index (χ0n) is 17.6. The molecule has 0 saturated carbocycles. The molecule has 0 saturated heterocycles. The number of nitrogens with zero attached hydrogens (tertiary/aromatic N) is 6. The van der Waals surface area contributed by atoms with Crippen LogP contribution in [-0.4, -0.2) is 35.3 Å². The normalized spacial score (nSPS) is 10.9. The van der Waals surface area contributed by atoms with Gasteiger partial charge < -0.3 is 15.0 Å². The second-order valence-corrected chi connectivity index (χ2v) is 7.34. The maximum atomic E-state index is 12.5. The molecule has 0 aliphatic heterocycles. The van der Waals surface area contributed by atoms with Crippen molar-refractivity contribution in [2.24, 2.45) is 14.1 Å². The third-order valence-corrected chi connectivity index (χ3v) is 4.83. The molecule has 3 heterocycles. The maximum absolute atomic E-state index is 12.5. The van der Waals surface area contributed by atoms with Gasteiger partial charge in [-0.25, -0.2) is 19.7 Å². The smallest absolute Gasteiger partial charge is 0.338 e. The van der Waals surface area contributed by atoms with Crippen molar-refractivity contribution in [1.29, 1.82) is 0 Å². The van der Waals surface area contributed by atoms with E-state index in [-0.39, 0.29) is 12.6 Å². The second kappa shape index (κ2) is 8.39. The van der Waals surface area contributed by atoms with E-state index in [9.17, 15) is 4.79 Å². The molecule has 1 aromatic carbocycles. The number of carbonyl (C=O) groups excluding carboxylic acids is 1. The number of hydrogen-bond acceptors (Lipinski definition) is 7. The van der Waals surface area contributed by atoms with Crippen LogP contribution in [0.25, 0.3) is 11.4 Å². The predicted octanol–water partition coefficient (Wildman–Crippen LogP) is 2.45. The van der Waals surface area contributed by atoms with Gasteiger partial charge >= 0.3 is 5.97 Å². The molecule has 0 fully saturated rings. The molecule has 31 heavy (non-hydrogen) atoms. The van der Waals surface area contributed by atoms with Crippen molar-refractivity contribution in [3.63, 3.8) is 0 Å². The van der Waals surface area contributed by atoms with Crippen molar-refractivity contribution in [2.45, 2.75) is 20.0 Å². The number of anilines is 1. The van der Waals surface area contributed by atoms with Crippen molar-refractivity contribution in [3.05, 3.63) is 77.1 Å². The Labute approximate surface area is 179 Å². The molecule has 0 radical (unpaired) electrons. The molecule has 0 bridgehead atoms. The minimum absolute atomic E-state index is 0.119. The number of imidazole rings is 1. The summed E-state index contributed by atoms with van der Waals surface area (Å²) in [6.45, 7) is 1.98. The highest BCUT2D eigenvalue weighted by Crippen LogP contribution is 2.24. The summed E-state index contributed by atoms with van der Waals surface area (Å²) >= 11 is 0. The lowest BCUT2D eigenvalue weighted by molar-refractivity contribution is 0.0459. The van der Waals surface area contributed by atoms with Crippen molar-refractivity contribution >= 4 is 11.9 Å². The second-order valence-electron chi connectivity index (χ2n) is 7.34. The van der Waals surface area contributed by atoms with Crippen LogP contribution in [0, 0.1) is 6.92 Å². The Morgan fingerprint density at radius 2 is 2.03 bits per heavy atom. The van der Waals surface area contributed by atoms with E-state index in [1.807, 2.05) is 62.2 Å². The van der Waals surface area contributed by atoms with E-state index in [4.69, 9.17) is 10.5 Å². The van der Waals surface area contributed by atoms with Gasteiger partial charge in [-0.05, 0) is 30.7 Å². The molecule has 4 rings (SSSR count). The SMILES string of the molecule is Cc1cc(-c2nn(C)cc2Cc2cccc(C(=O)OCc3nccn3C)c2)nc(N)n1. The monoisotopic (exact) mass is 417 g/mol. The molecule has 158 valence electrons. The Kier molecular flexibility index (Phi) is 5.48. The third-order valence-electron chi connectivity index (χ3n) is 4.83. The molecule has 0 amide bonds. The van der Waals surface area contributed by atoms with E-state index in [0.717, 1.165) is 22.5 Å². The van der Waals surface area contributed by atoms with Crippen LogP contribution in [0.3, 0.4) is 0 Å². The number of esters is 1. The summed E-state index contributed by atoms with van der Waals surface area (Å²) in [5.41, 5.74) is 10.4. The van der Waals surface area contributed by atoms with Gasteiger partial charge in [-0.15, -0.1) is 0 Å². The lowest BCUT2D eigenvalue weighted by atomic mass is 10.0. The summed E-state index contributed by atoms with van der Waals surface area (Å²) < 4.78 is 8.97. The van der Waals surface area contributed by atoms with Crippen LogP contribution >= 0.6 is 0 Å². The lowest BCUT2D eigenvalue weighted by Crippen LogP contribution is -2.08. The largest absolute Gasteiger partial charge is 0.454 e. The standard InChI is InChI=1S/C22H23N7O2/c1-14-9-18(26-22(23)25-14)20-17(12-29(3)27-20)11-15-5-4-6-16(10-15)21(30)31-13-19-24-7-8-28(19)2/h4-10,12H,11,13H2,1-3H3,(H2,23,25,26). The molecule has 9 nitrogen and oxygen atoms in total. The van der Waals surface area contributed by atoms with E-state index in [1.54, 1.807) is 16.9 Å². The maximum Gasteiger partial charge on any atom is 0.338 e. The van der Waals surface area contributed by atoms with Crippen LogP contribution < -0.4 is 5.73 Å². The number of aromatic nitrogens is 6. The van der Waals surface area contributed by atoms with Crippen LogP contribution in [0.1, 0.15) is 33.0 Å². The first kappa shape index (κ1) is 20.3. The third kappa shape index (κ3) is 4.61. The number of nitrogen functional groups attached to an aromatic ring is 1. The first-order valence-electron chi connectivity index (χ1n) is 9.75. The van der Waals surface area contributed by atoms with Crippen LogP contribution in [0.5, 0.6) is 0 Å². The molecule has 0 aliphatic carbocycles. The van der Waals surface area contributed by atoms with Gasteiger partial charge in [0, 0.05) is 50.4 Å². The Hall–Kier alpha value is -4.01. The number of hydrogen-bond donors (Lipinski definition) is 1. The molecular weight excluding hydrogens is 394 g/mol. The minimum Gasteiger partial charge on any atom is -0.454 e. The lowest BCUT2D eigenvalue weighted by Gasteiger charge is -2.07. The Morgan fingerprint density at radius 3 is 2.77 bits per heavy atom. The summed E-state index contributed by atoms with van der Waals surface area (Å²) in [5, 5.41) is 4.55. The summed E-state index contributed by atoms with van der Waals surface area (Å²) in [7, 11) is 3.71. The molecule has 2 N–H and O–H groups in total. The highest BCUT2D eigenvalue weighted by molar-refractivity contribution is 5.89. The van der Waals surface area contributed by atoms with Crippen LogP contribution in [-0.2, 0) is 31.9 Å². The van der Waals surface area contributed by atoms with Gasteiger partial charge in [-0.2, -0.15) is 5.10 Å². The summed E-state index contributed by atoms with van der Waals surface area (Å²) in [5.74, 6) is 0.503. The number of rotatable bonds is 6. The summed E-state index contributed by atoms with van der Waals surface area (Å²) in [6, 6.07) is 9.23. The van der Waals surface area contributed by atoms with Crippen LogP contribution in [0.15, 0.2) is 48.9 Å². The summed E-state index contributed by atoms with van der Waals surface area (Å²) in [4.78, 5) is 25.1. The number of nitrogens with two attached hydrogens (primary N) is 1. The highest BCUT2D eigenvalue weighted by atomic mass is 16.5. The van der Waals surface area contributed by atoms with E-state index < -0.39 is 5.97 Å². The van der Waals surface area contributed by atoms with E-state index in [1.165, 1.54) is 0 Å². The molecule has 4 aromatic rings. The zero-order valence-corrected chi connectivity index (χ0v) is 17.6. The van der Waals surface area contributed by atoms with Gasteiger partial charge in [-0.1, -0.05) is 12.1 Å². The van der Waals surface area contributed by atoms with Crippen molar-refractivity contribution in [2.75, 3.05) is 5.73 Å². The van der Waals surface area contributed by atoms with Gasteiger partial charge in [0.15, 0.2) is 0 Å². The average molecular weight is 417 g/mol. The fraction of sp³-hybridized carbons (Fsp3) is 0.227. The van der Waals surface area contributed by atoms with E-state index >= 15 is 0 Å². The molecule has 9 heteroatoms. The van der Waals surface area contributed by atoms with E-state index in [2.05, 4.69) is 20.1 Å². The van der Waals surface area contributed by atoms with E-state index in [0.29, 0.717) is 23.5 Å².